The second-order valence-corrected chi connectivity index (χ2v) is 6.17. The normalized spacial score (nSPS) is 16.1. The molecule has 0 radical (unpaired) electrons. The molecule has 0 aliphatic carbocycles. The van der Waals surface area contributed by atoms with E-state index in [1.54, 1.807) is 6.07 Å². The lowest BCUT2D eigenvalue weighted by atomic mass is 10.2. The van der Waals surface area contributed by atoms with Crippen molar-refractivity contribution < 1.29 is 23.5 Å². The molecule has 1 unspecified atom stereocenters. The molecule has 0 aromatic heterocycles. The van der Waals surface area contributed by atoms with E-state index in [2.05, 4.69) is 5.32 Å². The van der Waals surface area contributed by atoms with Gasteiger partial charge in [0.2, 0.25) is 5.91 Å². The van der Waals surface area contributed by atoms with E-state index in [9.17, 15) is 14.0 Å². The minimum atomic E-state index is -0.545. The van der Waals surface area contributed by atoms with Crippen molar-refractivity contribution in [1.82, 2.24) is 5.32 Å². The zero-order valence-corrected chi connectivity index (χ0v) is 14.8. The van der Waals surface area contributed by atoms with Crippen molar-refractivity contribution in [2.24, 2.45) is 0 Å². The standard InChI is InChI=1S/C20H21FN2O4/c21-15-6-4-7-16(12-15)23-14-18(27-20(23)25)13-22-19(24)10-5-11-26-17-8-2-1-3-9-17/h1-4,6-9,12,18H,5,10-11,13-14H2,(H,22,24). The smallest absolute Gasteiger partial charge is 0.414 e. The van der Waals surface area contributed by atoms with Gasteiger partial charge in [-0.2, -0.15) is 0 Å². The number of carbonyl (C=O) groups excluding carboxylic acids is 2. The number of nitrogens with zero attached hydrogens (tertiary/aromatic N) is 1. The Kier molecular flexibility index (Phi) is 6.25. The van der Waals surface area contributed by atoms with Gasteiger partial charge >= 0.3 is 6.09 Å². The molecule has 0 saturated carbocycles. The van der Waals surface area contributed by atoms with E-state index >= 15 is 0 Å². The highest BCUT2D eigenvalue weighted by atomic mass is 19.1. The first-order valence-corrected chi connectivity index (χ1v) is 8.80. The van der Waals surface area contributed by atoms with E-state index in [4.69, 9.17) is 9.47 Å². The predicted molar refractivity (Wildman–Crippen MR) is 98.2 cm³/mol. The van der Waals surface area contributed by atoms with Crippen LogP contribution in [-0.2, 0) is 9.53 Å². The minimum Gasteiger partial charge on any atom is -0.494 e. The predicted octanol–water partition coefficient (Wildman–Crippen LogP) is 3.13. The number of ether oxygens (including phenoxy) is 2. The van der Waals surface area contributed by atoms with Gasteiger partial charge in [-0.15, -0.1) is 0 Å². The number of cyclic esters (lactones) is 1. The topological polar surface area (TPSA) is 67.9 Å². The maximum Gasteiger partial charge on any atom is 0.414 e. The van der Waals surface area contributed by atoms with E-state index < -0.39 is 18.0 Å². The molecule has 1 saturated heterocycles. The maximum atomic E-state index is 13.3. The van der Waals surface area contributed by atoms with Gasteiger partial charge in [-0.05, 0) is 36.8 Å². The lowest BCUT2D eigenvalue weighted by Gasteiger charge is -2.13. The fraction of sp³-hybridized carbons (Fsp3) is 0.300. The molecule has 0 bridgehead atoms. The third-order valence-electron chi connectivity index (χ3n) is 4.08. The second-order valence-electron chi connectivity index (χ2n) is 6.17. The number of carbonyl (C=O) groups is 2. The molecule has 0 spiro atoms. The van der Waals surface area contributed by atoms with Crippen LogP contribution in [0.4, 0.5) is 14.9 Å². The van der Waals surface area contributed by atoms with Crippen LogP contribution in [0.5, 0.6) is 5.75 Å². The molecule has 1 heterocycles. The fourth-order valence-corrected chi connectivity index (χ4v) is 2.74. The van der Waals surface area contributed by atoms with Crippen LogP contribution >= 0.6 is 0 Å². The van der Waals surface area contributed by atoms with Crippen LogP contribution in [-0.4, -0.2) is 37.8 Å². The molecule has 27 heavy (non-hydrogen) atoms. The Bertz CT molecular complexity index is 785. The average Bonchev–Trinajstić information content (AvgIpc) is 3.05. The summed E-state index contributed by atoms with van der Waals surface area (Å²) in [7, 11) is 0. The fourth-order valence-electron chi connectivity index (χ4n) is 2.74. The summed E-state index contributed by atoms with van der Waals surface area (Å²) in [6.45, 7) is 0.929. The van der Waals surface area contributed by atoms with Crippen LogP contribution in [0.15, 0.2) is 54.6 Å². The van der Waals surface area contributed by atoms with Gasteiger partial charge < -0.3 is 14.8 Å². The van der Waals surface area contributed by atoms with Crippen LogP contribution in [0, 0.1) is 5.82 Å². The molecular formula is C20H21FN2O4. The molecule has 3 rings (SSSR count). The molecule has 1 aliphatic rings. The number of benzene rings is 2. The molecule has 1 fully saturated rings. The quantitative estimate of drug-likeness (QED) is 0.723. The first kappa shape index (κ1) is 18.7. The van der Waals surface area contributed by atoms with Gasteiger partial charge in [0, 0.05) is 6.42 Å². The Morgan fingerprint density at radius 3 is 2.81 bits per heavy atom. The summed E-state index contributed by atoms with van der Waals surface area (Å²) in [6.07, 6.45) is -0.108. The van der Waals surface area contributed by atoms with Gasteiger partial charge in [-0.3, -0.25) is 9.69 Å². The molecule has 6 nitrogen and oxygen atoms in total. The van der Waals surface area contributed by atoms with Crippen LogP contribution < -0.4 is 15.0 Å². The van der Waals surface area contributed by atoms with Crippen LogP contribution in [0.25, 0.3) is 0 Å². The van der Waals surface area contributed by atoms with Crippen LogP contribution in [0.1, 0.15) is 12.8 Å². The zero-order valence-electron chi connectivity index (χ0n) is 14.8. The number of para-hydroxylation sites is 1. The van der Waals surface area contributed by atoms with Crippen molar-refractivity contribution in [1.29, 1.82) is 0 Å². The first-order valence-electron chi connectivity index (χ1n) is 8.80. The zero-order chi connectivity index (χ0) is 19.1. The number of hydrogen-bond acceptors (Lipinski definition) is 4. The van der Waals surface area contributed by atoms with E-state index in [1.165, 1.54) is 23.1 Å². The van der Waals surface area contributed by atoms with Gasteiger partial charge in [0.15, 0.2) is 0 Å². The van der Waals surface area contributed by atoms with E-state index in [1.807, 2.05) is 30.3 Å². The summed E-state index contributed by atoms with van der Waals surface area (Å²) in [5.41, 5.74) is 0.437. The Balaban J connectivity index is 1.36. The number of rotatable bonds is 8. The highest BCUT2D eigenvalue weighted by Gasteiger charge is 2.32. The molecule has 142 valence electrons. The largest absolute Gasteiger partial charge is 0.494 e. The SMILES string of the molecule is O=C(CCCOc1ccccc1)NCC1CN(c2cccc(F)c2)C(=O)O1. The second kappa shape index (κ2) is 9.02. The molecule has 1 aliphatic heterocycles. The number of hydrogen-bond donors (Lipinski definition) is 1. The Morgan fingerprint density at radius 2 is 2.04 bits per heavy atom. The van der Waals surface area contributed by atoms with Gasteiger partial charge in [-0.1, -0.05) is 24.3 Å². The van der Waals surface area contributed by atoms with Crippen LogP contribution in [0.2, 0.25) is 0 Å². The first-order chi connectivity index (χ1) is 13.1. The summed E-state index contributed by atoms with van der Waals surface area (Å²) in [5, 5.41) is 2.75. The van der Waals surface area contributed by atoms with Gasteiger partial charge in [0.25, 0.3) is 0 Å². The van der Waals surface area contributed by atoms with Crippen molar-refractivity contribution in [2.75, 3.05) is 24.6 Å². The lowest BCUT2D eigenvalue weighted by Crippen LogP contribution is -2.34. The monoisotopic (exact) mass is 372 g/mol. The van der Waals surface area contributed by atoms with Crippen molar-refractivity contribution in [2.45, 2.75) is 18.9 Å². The van der Waals surface area contributed by atoms with Gasteiger partial charge in [-0.25, -0.2) is 9.18 Å². The van der Waals surface area contributed by atoms with Crippen molar-refractivity contribution >= 4 is 17.7 Å². The van der Waals surface area contributed by atoms with Crippen molar-refractivity contribution in [3.05, 3.63) is 60.4 Å². The van der Waals surface area contributed by atoms with Crippen LogP contribution in [0.3, 0.4) is 0 Å². The molecule has 2 aromatic rings. The Labute approximate surface area is 156 Å². The summed E-state index contributed by atoms with van der Waals surface area (Å²) in [6, 6.07) is 15.2. The Hall–Kier alpha value is -3.09. The molecule has 1 atom stereocenters. The van der Waals surface area contributed by atoms with E-state index in [0.717, 1.165) is 5.75 Å². The number of amides is 2. The third kappa shape index (κ3) is 5.44. The van der Waals surface area contributed by atoms with Crippen molar-refractivity contribution in [3.8, 4) is 5.75 Å². The molecule has 2 aromatic carbocycles. The lowest BCUT2D eigenvalue weighted by molar-refractivity contribution is -0.121. The number of halogens is 1. The minimum absolute atomic E-state index is 0.132. The third-order valence-corrected chi connectivity index (χ3v) is 4.08. The highest BCUT2D eigenvalue weighted by molar-refractivity contribution is 5.89. The molecular weight excluding hydrogens is 351 g/mol. The summed E-state index contributed by atoms with van der Waals surface area (Å²) in [5.74, 6) is 0.218. The van der Waals surface area contributed by atoms with Gasteiger partial charge in [0.1, 0.15) is 17.7 Å². The summed E-state index contributed by atoms with van der Waals surface area (Å²) >= 11 is 0. The maximum absolute atomic E-state index is 13.3. The molecule has 1 N–H and O–H groups in total. The number of anilines is 1. The summed E-state index contributed by atoms with van der Waals surface area (Å²) in [4.78, 5) is 25.2. The highest BCUT2D eigenvalue weighted by Crippen LogP contribution is 2.22. The number of nitrogens with one attached hydrogen (secondary N) is 1. The van der Waals surface area contributed by atoms with E-state index in [-0.39, 0.29) is 19.0 Å². The summed E-state index contributed by atoms with van der Waals surface area (Å²) < 4.78 is 24.1. The average molecular weight is 372 g/mol. The van der Waals surface area contributed by atoms with Gasteiger partial charge in [0.05, 0.1) is 25.4 Å². The Morgan fingerprint density at radius 1 is 1.22 bits per heavy atom. The van der Waals surface area contributed by atoms with Crippen molar-refractivity contribution in [3.63, 3.8) is 0 Å². The molecule has 7 heteroatoms. The van der Waals surface area contributed by atoms with E-state index in [0.29, 0.717) is 25.1 Å². The molecule has 2 amide bonds.